The predicted octanol–water partition coefficient (Wildman–Crippen LogP) is 3.15. The molecule has 1 amide bonds. The fourth-order valence-electron chi connectivity index (χ4n) is 1.90. The highest BCUT2D eigenvalue weighted by molar-refractivity contribution is 5.80. The van der Waals surface area contributed by atoms with Gasteiger partial charge in [-0.15, -0.1) is 0 Å². The summed E-state index contributed by atoms with van der Waals surface area (Å²) in [5.41, 5.74) is 1.73. The molecule has 0 heterocycles. The number of ether oxygens (including phenoxy) is 2. The lowest BCUT2D eigenvalue weighted by Gasteiger charge is -2.20. The minimum atomic E-state index is -4.46. The van der Waals surface area contributed by atoms with E-state index in [1.54, 1.807) is 13.0 Å². The molecule has 1 aromatic carbocycles. The van der Waals surface area contributed by atoms with Crippen LogP contribution in [-0.2, 0) is 9.53 Å². The van der Waals surface area contributed by atoms with Gasteiger partial charge in [0.1, 0.15) is 18.5 Å². The molecule has 7 heteroatoms. The third-order valence-electron chi connectivity index (χ3n) is 3.08. The van der Waals surface area contributed by atoms with Crippen LogP contribution in [0, 0.1) is 6.92 Å². The second kappa shape index (κ2) is 7.49. The van der Waals surface area contributed by atoms with Gasteiger partial charge in [-0.1, -0.05) is 17.7 Å². The van der Waals surface area contributed by atoms with Gasteiger partial charge in [0.25, 0.3) is 0 Å². The largest absolute Gasteiger partial charge is 0.496 e. The monoisotopic (exact) mass is 319 g/mol. The van der Waals surface area contributed by atoms with Gasteiger partial charge in [-0.2, -0.15) is 13.2 Å². The third-order valence-corrected chi connectivity index (χ3v) is 3.08. The molecule has 124 valence electrons. The molecule has 1 N–H and O–H groups in total. The van der Waals surface area contributed by atoms with Gasteiger partial charge in [-0.25, -0.2) is 0 Å². The fourth-order valence-corrected chi connectivity index (χ4v) is 1.90. The lowest BCUT2D eigenvalue weighted by molar-refractivity contribution is -0.185. The van der Waals surface area contributed by atoms with Crippen LogP contribution in [0.1, 0.15) is 31.0 Å². The van der Waals surface area contributed by atoms with Crippen molar-refractivity contribution >= 4 is 5.91 Å². The summed E-state index contributed by atoms with van der Waals surface area (Å²) in [5, 5.41) is 2.62. The molecule has 4 nitrogen and oxygen atoms in total. The molecule has 0 saturated carbocycles. The molecule has 1 rings (SSSR count). The van der Waals surface area contributed by atoms with Crippen LogP contribution in [0.2, 0.25) is 0 Å². The second-order valence-electron chi connectivity index (χ2n) is 5.04. The zero-order valence-corrected chi connectivity index (χ0v) is 13.0. The van der Waals surface area contributed by atoms with Gasteiger partial charge in [-0.05, 0) is 26.8 Å². The van der Waals surface area contributed by atoms with E-state index < -0.39 is 30.8 Å². The number of carbonyl (C=O) groups excluding carboxylic acids is 1. The Kier molecular flexibility index (Phi) is 6.22. The molecule has 0 aliphatic heterocycles. The maximum absolute atomic E-state index is 12.1. The van der Waals surface area contributed by atoms with Crippen LogP contribution in [0.25, 0.3) is 0 Å². The SMILES string of the molecule is COc1ccc(C)cc1[C@@H](C)NC(=O)[C@@H](C)OCC(F)(F)F. The Bertz CT molecular complexity index is 517. The van der Waals surface area contributed by atoms with Gasteiger partial charge in [0.2, 0.25) is 5.91 Å². The number of alkyl halides is 3. The summed E-state index contributed by atoms with van der Waals surface area (Å²) in [6.45, 7) is 3.45. The standard InChI is InChI=1S/C15H20F3NO3/c1-9-5-6-13(21-4)12(7-9)10(2)19-14(20)11(3)22-8-15(16,17)18/h5-7,10-11H,8H2,1-4H3,(H,19,20)/t10-,11-/m1/s1. The zero-order chi connectivity index (χ0) is 16.9. The number of benzene rings is 1. The van der Waals surface area contributed by atoms with E-state index in [4.69, 9.17) is 4.74 Å². The van der Waals surface area contributed by atoms with Crippen molar-refractivity contribution in [1.29, 1.82) is 0 Å². The fraction of sp³-hybridized carbons (Fsp3) is 0.533. The summed E-state index contributed by atoms with van der Waals surface area (Å²) in [4.78, 5) is 11.9. The van der Waals surface area contributed by atoms with Crippen LogP contribution >= 0.6 is 0 Å². The first-order valence-corrected chi connectivity index (χ1v) is 6.77. The zero-order valence-electron chi connectivity index (χ0n) is 13.0. The van der Waals surface area contributed by atoms with Crippen molar-refractivity contribution in [2.75, 3.05) is 13.7 Å². The molecule has 0 aromatic heterocycles. The maximum atomic E-state index is 12.1. The highest BCUT2D eigenvalue weighted by Gasteiger charge is 2.30. The van der Waals surface area contributed by atoms with Crippen LogP contribution in [-0.4, -0.2) is 31.9 Å². The van der Waals surface area contributed by atoms with Gasteiger partial charge in [0.15, 0.2) is 0 Å². The summed E-state index contributed by atoms with van der Waals surface area (Å²) in [7, 11) is 1.51. The summed E-state index contributed by atoms with van der Waals surface area (Å²) >= 11 is 0. The number of halogens is 3. The number of nitrogens with one attached hydrogen (secondary N) is 1. The molecular weight excluding hydrogens is 299 g/mol. The van der Waals surface area contributed by atoms with Gasteiger partial charge in [0.05, 0.1) is 13.2 Å². The van der Waals surface area contributed by atoms with Crippen LogP contribution in [0.5, 0.6) is 5.75 Å². The highest BCUT2D eigenvalue weighted by atomic mass is 19.4. The Morgan fingerprint density at radius 3 is 2.50 bits per heavy atom. The molecule has 1 aromatic rings. The quantitative estimate of drug-likeness (QED) is 0.876. The predicted molar refractivity (Wildman–Crippen MR) is 75.8 cm³/mol. The third kappa shape index (κ3) is 5.55. The molecule has 2 atom stereocenters. The first kappa shape index (κ1) is 18.3. The summed E-state index contributed by atoms with van der Waals surface area (Å²) in [6, 6.07) is 5.08. The summed E-state index contributed by atoms with van der Waals surface area (Å²) in [6.07, 6.45) is -5.65. The summed E-state index contributed by atoms with van der Waals surface area (Å²) in [5.74, 6) is -0.0115. The van der Waals surface area contributed by atoms with Crippen molar-refractivity contribution in [3.8, 4) is 5.75 Å². The topological polar surface area (TPSA) is 47.6 Å². The second-order valence-corrected chi connectivity index (χ2v) is 5.04. The van der Waals surface area contributed by atoms with E-state index in [2.05, 4.69) is 10.1 Å². The van der Waals surface area contributed by atoms with E-state index in [-0.39, 0.29) is 0 Å². The molecule has 0 radical (unpaired) electrons. The molecule has 22 heavy (non-hydrogen) atoms. The lowest BCUT2D eigenvalue weighted by Crippen LogP contribution is -2.37. The van der Waals surface area contributed by atoms with Crippen molar-refractivity contribution < 1.29 is 27.4 Å². The Labute approximate surface area is 127 Å². The average Bonchev–Trinajstić information content (AvgIpc) is 2.43. The molecule has 0 saturated heterocycles. The van der Waals surface area contributed by atoms with E-state index in [0.717, 1.165) is 11.1 Å². The normalized spacial score (nSPS) is 14.3. The number of aryl methyl sites for hydroxylation is 1. The number of methoxy groups -OCH3 is 1. The average molecular weight is 319 g/mol. The molecule has 0 aliphatic rings. The number of carbonyl (C=O) groups is 1. The smallest absolute Gasteiger partial charge is 0.411 e. The highest BCUT2D eigenvalue weighted by Crippen LogP contribution is 2.26. The van der Waals surface area contributed by atoms with Crippen molar-refractivity contribution in [3.63, 3.8) is 0 Å². The molecular formula is C15H20F3NO3. The Balaban J connectivity index is 2.69. The molecule has 0 spiro atoms. The first-order valence-electron chi connectivity index (χ1n) is 6.77. The number of rotatable bonds is 6. The van der Waals surface area contributed by atoms with E-state index in [1.165, 1.54) is 14.0 Å². The van der Waals surface area contributed by atoms with Crippen LogP contribution in [0.15, 0.2) is 18.2 Å². The Hall–Kier alpha value is -1.76. The Morgan fingerprint density at radius 2 is 1.95 bits per heavy atom. The molecule has 0 aliphatic carbocycles. The molecule has 0 fully saturated rings. The van der Waals surface area contributed by atoms with Gasteiger partial charge in [0, 0.05) is 5.56 Å². The first-order chi connectivity index (χ1) is 10.1. The van der Waals surface area contributed by atoms with E-state index in [0.29, 0.717) is 5.75 Å². The van der Waals surface area contributed by atoms with Gasteiger partial charge >= 0.3 is 6.18 Å². The lowest BCUT2D eigenvalue weighted by atomic mass is 10.0. The van der Waals surface area contributed by atoms with E-state index >= 15 is 0 Å². The van der Waals surface area contributed by atoms with Crippen molar-refractivity contribution in [2.45, 2.75) is 39.1 Å². The van der Waals surface area contributed by atoms with Crippen molar-refractivity contribution in [1.82, 2.24) is 5.32 Å². The minimum Gasteiger partial charge on any atom is -0.496 e. The minimum absolute atomic E-state index is 0.417. The number of hydrogen-bond donors (Lipinski definition) is 1. The van der Waals surface area contributed by atoms with Gasteiger partial charge < -0.3 is 14.8 Å². The van der Waals surface area contributed by atoms with Crippen molar-refractivity contribution in [2.24, 2.45) is 0 Å². The Morgan fingerprint density at radius 1 is 1.32 bits per heavy atom. The van der Waals surface area contributed by atoms with Crippen LogP contribution in [0.3, 0.4) is 0 Å². The molecule has 0 unspecified atom stereocenters. The molecule has 0 bridgehead atoms. The maximum Gasteiger partial charge on any atom is 0.411 e. The van der Waals surface area contributed by atoms with Gasteiger partial charge in [-0.3, -0.25) is 4.79 Å². The summed E-state index contributed by atoms with van der Waals surface area (Å²) < 4.78 is 46.0. The van der Waals surface area contributed by atoms with E-state index in [9.17, 15) is 18.0 Å². The van der Waals surface area contributed by atoms with Crippen molar-refractivity contribution in [3.05, 3.63) is 29.3 Å². The van der Waals surface area contributed by atoms with E-state index in [1.807, 2.05) is 19.1 Å². The van der Waals surface area contributed by atoms with Crippen LogP contribution in [0.4, 0.5) is 13.2 Å². The van der Waals surface area contributed by atoms with Crippen LogP contribution < -0.4 is 10.1 Å². The number of amides is 1. The number of hydrogen-bond acceptors (Lipinski definition) is 3.